The lowest BCUT2D eigenvalue weighted by molar-refractivity contribution is 0.206. The SMILES string of the molecule is O=C(Nc1ccccc1)N1CCc2nc(Nc3cccc(F)c3)ncc2C1. The smallest absolute Gasteiger partial charge is 0.322 e. The first kappa shape index (κ1) is 17.0. The van der Waals surface area contributed by atoms with Gasteiger partial charge in [0.05, 0.1) is 12.2 Å². The highest BCUT2D eigenvalue weighted by atomic mass is 19.1. The van der Waals surface area contributed by atoms with Crippen molar-refractivity contribution in [2.24, 2.45) is 0 Å². The summed E-state index contributed by atoms with van der Waals surface area (Å²) >= 11 is 0. The number of fused-ring (bicyclic) bond motifs is 1. The number of nitrogens with zero attached hydrogens (tertiary/aromatic N) is 3. The highest BCUT2D eigenvalue weighted by Crippen LogP contribution is 2.21. The fourth-order valence-corrected chi connectivity index (χ4v) is 2.97. The average Bonchev–Trinajstić information content (AvgIpc) is 2.68. The van der Waals surface area contributed by atoms with E-state index < -0.39 is 0 Å². The normalized spacial score (nSPS) is 13.0. The van der Waals surface area contributed by atoms with Crippen molar-refractivity contribution in [1.29, 1.82) is 0 Å². The van der Waals surface area contributed by atoms with E-state index in [9.17, 15) is 9.18 Å². The molecule has 0 saturated heterocycles. The van der Waals surface area contributed by atoms with Gasteiger partial charge in [-0.05, 0) is 30.3 Å². The van der Waals surface area contributed by atoms with Crippen LogP contribution in [0.5, 0.6) is 0 Å². The molecule has 0 saturated carbocycles. The number of anilines is 3. The molecule has 1 aromatic heterocycles. The van der Waals surface area contributed by atoms with Crippen LogP contribution in [0.4, 0.5) is 26.5 Å². The molecule has 0 aliphatic carbocycles. The lowest BCUT2D eigenvalue weighted by Crippen LogP contribution is -2.39. The monoisotopic (exact) mass is 363 g/mol. The molecule has 4 rings (SSSR count). The van der Waals surface area contributed by atoms with Gasteiger partial charge < -0.3 is 15.5 Å². The number of hydrogen-bond acceptors (Lipinski definition) is 4. The number of aromatic nitrogens is 2. The van der Waals surface area contributed by atoms with E-state index in [0.29, 0.717) is 31.1 Å². The Morgan fingerprint density at radius 2 is 1.89 bits per heavy atom. The lowest BCUT2D eigenvalue weighted by Gasteiger charge is -2.28. The highest BCUT2D eigenvalue weighted by Gasteiger charge is 2.22. The molecule has 0 bridgehead atoms. The maximum atomic E-state index is 13.3. The summed E-state index contributed by atoms with van der Waals surface area (Å²) in [5.41, 5.74) is 3.16. The van der Waals surface area contributed by atoms with Crippen LogP contribution in [0.3, 0.4) is 0 Å². The molecule has 7 heteroatoms. The Bertz CT molecular complexity index is 964. The number of nitrogens with one attached hydrogen (secondary N) is 2. The highest BCUT2D eigenvalue weighted by molar-refractivity contribution is 5.89. The number of amides is 2. The number of halogens is 1. The molecule has 1 aliphatic rings. The van der Waals surface area contributed by atoms with Crippen LogP contribution in [-0.4, -0.2) is 27.4 Å². The fourth-order valence-electron chi connectivity index (χ4n) is 2.97. The molecule has 0 radical (unpaired) electrons. The Kier molecular flexibility index (Phi) is 4.65. The second-order valence-electron chi connectivity index (χ2n) is 6.27. The van der Waals surface area contributed by atoms with Gasteiger partial charge in [0.25, 0.3) is 0 Å². The summed E-state index contributed by atoms with van der Waals surface area (Å²) in [5, 5.41) is 5.90. The maximum absolute atomic E-state index is 13.3. The number of hydrogen-bond donors (Lipinski definition) is 2. The van der Waals surface area contributed by atoms with Crippen LogP contribution in [0, 0.1) is 5.82 Å². The predicted octanol–water partition coefficient (Wildman–Crippen LogP) is 3.95. The van der Waals surface area contributed by atoms with E-state index in [-0.39, 0.29) is 11.8 Å². The molecule has 27 heavy (non-hydrogen) atoms. The Labute approximate surface area is 156 Å². The van der Waals surface area contributed by atoms with Crippen LogP contribution in [0.1, 0.15) is 11.3 Å². The van der Waals surface area contributed by atoms with E-state index in [1.807, 2.05) is 30.3 Å². The van der Waals surface area contributed by atoms with Crippen molar-refractivity contribution in [2.45, 2.75) is 13.0 Å². The number of carbonyl (C=O) groups is 1. The summed E-state index contributed by atoms with van der Waals surface area (Å²) in [5.74, 6) is 0.0968. The van der Waals surface area contributed by atoms with E-state index in [1.54, 1.807) is 23.2 Å². The zero-order valence-corrected chi connectivity index (χ0v) is 14.5. The van der Waals surface area contributed by atoms with Gasteiger partial charge in [0, 0.05) is 36.1 Å². The Morgan fingerprint density at radius 1 is 1.07 bits per heavy atom. The number of urea groups is 1. The lowest BCUT2D eigenvalue weighted by atomic mass is 10.1. The second-order valence-corrected chi connectivity index (χ2v) is 6.27. The molecule has 6 nitrogen and oxygen atoms in total. The van der Waals surface area contributed by atoms with E-state index in [0.717, 1.165) is 16.9 Å². The minimum atomic E-state index is -0.321. The standard InChI is InChI=1S/C20H18FN5O/c21-15-5-4-8-17(11-15)23-19-22-12-14-13-26(10-9-18(14)25-19)20(27)24-16-6-2-1-3-7-16/h1-8,11-12H,9-10,13H2,(H,24,27)(H,22,23,25). The first-order chi connectivity index (χ1) is 13.2. The van der Waals surface area contributed by atoms with Crippen LogP contribution in [0.2, 0.25) is 0 Å². The minimum Gasteiger partial charge on any atom is -0.324 e. The van der Waals surface area contributed by atoms with Gasteiger partial charge >= 0.3 is 6.03 Å². The molecular formula is C20H18FN5O. The van der Waals surface area contributed by atoms with E-state index in [4.69, 9.17) is 0 Å². The van der Waals surface area contributed by atoms with Crippen molar-refractivity contribution in [3.05, 3.63) is 77.9 Å². The third-order valence-corrected chi connectivity index (χ3v) is 4.33. The van der Waals surface area contributed by atoms with E-state index in [2.05, 4.69) is 20.6 Å². The number of para-hydroxylation sites is 1. The van der Waals surface area contributed by atoms with Crippen LogP contribution >= 0.6 is 0 Å². The Morgan fingerprint density at radius 3 is 2.70 bits per heavy atom. The molecular weight excluding hydrogens is 345 g/mol. The van der Waals surface area contributed by atoms with Crippen molar-refractivity contribution in [3.8, 4) is 0 Å². The molecule has 3 aromatic rings. The predicted molar refractivity (Wildman–Crippen MR) is 101 cm³/mol. The molecule has 1 aliphatic heterocycles. The molecule has 0 atom stereocenters. The first-order valence-corrected chi connectivity index (χ1v) is 8.66. The van der Waals surface area contributed by atoms with Gasteiger partial charge in [0.1, 0.15) is 5.82 Å². The first-order valence-electron chi connectivity index (χ1n) is 8.66. The fraction of sp³-hybridized carbons (Fsp3) is 0.150. The van der Waals surface area contributed by atoms with Gasteiger partial charge in [0.15, 0.2) is 0 Å². The largest absolute Gasteiger partial charge is 0.324 e. The van der Waals surface area contributed by atoms with Gasteiger partial charge in [-0.15, -0.1) is 0 Å². The van der Waals surface area contributed by atoms with Gasteiger partial charge in [0.2, 0.25) is 5.95 Å². The van der Waals surface area contributed by atoms with Gasteiger partial charge in [-0.2, -0.15) is 0 Å². The number of rotatable bonds is 3. The zero-order chi connectivity index (χ0) is 18.6. The van der Waals surface area contributed by atoms with Crippen molar-refractivity contribution in [3.63, 3.8) is 0 Å². The summed E-state index contributed by atoms with van der Waals surface area (Å²) in [4.78, 5) is 23.0. The van der Waals surface area contributed by atoms with Crippen molar-refractivity contribution < 1.29 is 9.18 Å². The third-order valence-electron chi connectivity index (χ3n) is 4.33. The molecule has 136 valence electrons. The van der Waals surface area contributed by atoms with Gasteiger partial charge in [-0.25, -0.2) is 19.2 Å². The third kappa shape index (κ3) is 4.03. The molecule has 2 aromatic carbocycles. The van der Waals surface area contributed by atoms with Crippen LogP contribution in [0.25, 0.3) is 0 Å². The van der Waals surface area contributed by atoms with Crippen LogP contribution < -0.4 is 10.6 Å². The Hall–Kier alpha value is -3.48. The second kappa shape index (κ2) is 7.41. The zero-order valence-electron chi connectivity index (χ0n) is 14.5. The Balaban J connectivity index is 1.44. The molecule has 2 amide bonds. The van der Waals surface area contributed by atoms with E-state index in [1.165, 1.54) is 12.1 Å². The maximum Gasteiger partial charge on any atom is 0.322 e. The van der Waals surface area contributed by atoms with Crippen molar-refractivity contribution >= 4 is 23.4 Å². The van der Waals surface area contributed by atoms with Crippen LogP contribution in [0.15, 0.2) is 60.8 Å². The molecule has 0 unspecified atom stereocenters. The summed E-state index contributed by atoms with van der Waals surface area (Å²) in [7, 11) is 0. The summed E-state index contributed by atoms with van der Waals surface area (Å²) in [6.07, 6.45) is 2.35. The number of benzene rings is 2. The van der Waals surface area contributed by atoms with Crippen molar-refractivity contribution in [1.82, 2.24) is 14.9 Å². The molecule has 0 spiro atoms. The molecule has 0 fully saturated rings. The van der Waals surface area contributed by atoms with Gasteiger partial charge in [-0.3, -0.25) is 0 Å². The quantitative estimate of drug-likeness (QED) is 0.739. The summed E-state index contributed by atoms with van der Waals surface area (Å²) in [6.45, 7) is 1.02. The minimum absolute atomic E-state index is 0.145. The number of carbonyl (C=O) groups excluding carboxylic acids is 1. The summed E-state index contributed by atoms with van der Waals surface area (Å²) < 4.78 is 13.3. The topological polar surface area (TPSA) is 70.2 Å². The average molecular weight is 363 g/mol. The van der Waals surface area contributed by atoms with Gasteiger partial charge in [-0.1, -0.05) is 24.3 Å². The van der Waals surface area contributed by atoms with Crippen molar-refractivity contribution in [2.75, 3.05) is 17.2 Å². The van der Waals surface area contributed by atoms with E-state index >= 15 is 0 Å². The van der Waals surface area contributed by atoms with Crippen LogP contribution in [-0.2, 0) is 13.0 Å². The molecule has 2 N–H and O–H groups in total. The molecule has 2 heterocycles. The summed E-state index contributed by atoms with van der Waals surface area (Å²) in [6, 6.07) is 15.4.